The van der Waals surface area contributed by atoms with E-state index in [1.807, 2.05) is 13.8 Å². The topological polar surface area (TPSA) is 64.3 Å². The van der Waals surface area contributed by atoms with E-state index in [-0.39, 0.29) is 11.9 Å². The van der Waals surface area contributed by atoms with Crippen LogP contribution in [0.2, 0.25) is 0 Å². The van der Waals surface area contributed by atoms with Crippen LogP contribution < -0.4 is 11.1 Å². The molecule has 4 nitrogen and oxygen atoms in total. The molecular weight excluding hydrogens is 212 g/mol. The summed E-state index contributed by atoms with van der Waals surface area (Å²) in [6.07, 6.45) is 1.55. The third kappa shape index (κ3) is 2.89. The summed E-state index contributed by atoms with van der Waals surface area (Å²) in [5.41, 5.74) is 4.99. The van der Waals surface area contributed by atoms with Crippen LogP contribution >= 0.6 is 12.2 Å². The molecule has 1 atom stereocenters. The van der Waals surface area contributed by atoms with Crippen LogP contribution in [0.3, 0.4) is 0 Å². The third-order valence-corrected chi connectivity index (χ3v) is 3.00. The van der Waals surface area contributed by atoms with Gasteiger partial charge < -0.3 is 15.8 Å². The normalized spacial score (nSPS) is 19.3. The highest BCUT2D eigenvalue weighted by atomic mass is 32.1. The van der Waals surface area contributed by atoms with Crippen molar-refractivity contribution in [3.63, 3.8) is 0 Å². The second-order valence-electron chi connectivity index (χ2n) is 3.98. The molecule has 0 heterocycles. The van der Waals surface area contributed by atoms with Gasteiger partial charge in [0.25, 0.3) is 0 Å². The van der Waals surface area contributed by atoms with E-state index >= 15 is 0 Å². The minimum atomic E-state index is -0.560. The van der Waals surface area contributed by atoms with Crippen LogP contribution in [0.25, 0.3) is 0 Å². The van der Waals surface area contributed by atoms with Crippen molar-refractivity contribution in [3.8, 4) is 0 Å². The molecule has 5 heteroatoms. The molecule has 0 spiro atoms. The zero-order valence-corrected chi connectivity index (χ0v) is 10.0. The van der Waals surface area contributed by atoms with E-state index in [2.05, 4.69) is 5.32 Å². The van der Waals surface area contributed by atoms with Gasteiger partial charge in [0.05, 0.1) is 17.0 Å². The summed E-state index contributed by atoms with van der Waals surface area (Å²) < 4.78 is 5.21. The molecule has 1 saturated carbocycles. The van der Waals surface area contributed by atoms with E-state index in [0.29, 0.717) is 18.2 Å². The average molecular weight is 230 g/mol. The average Bonchev–Trinajstić information content (AvgIpc) is 2.95. The summed E-state index contributed by atoms with van der Waals surface area (Å²) in [6, 6.07) is 0.00396. The van der Waals surface area contributed by atoms with E-state index in [4.69, 9.17) is 22.7 Å². The Hall–Kier alpha value is -0.680. The zero-order chi connectivity index (χ0) is 11.5. The van der Waals surface area contributed by atoms with E-state index in [1.165, 1.54) is 0 Å². The Morgan fingerprint density at radius 1 is 1.67 bits per heavy atom. The fourth-order valence-electron chi connectivity index (χ4n) is 1.41. The first-order chi connectivity index (χ1) is 7.03. The number of hydrogen-bond acceptors (Lipinski definition) is 3. The van der Waals surface area contributed by atoms with Gasteiger partial charge in [-0.3, -0.25) is 4.79 Å². The van der Waals surface area contributed by atoms with Gasteiger partial charge in [0, 0.05) is 12.6 Å². The number of thiocarbonyl (C=S) groups is 1. The molecule has 15 heavy (non-hydrogen) atoms. The Balaban J connectivity index is 2.39. The Labute approximate surface area is 95.5 Å². The highest BCUT2D eigenvalue weighted by Crippen LogP contribution is 2.46. The van der Waals surface area contributed by atoms with Crippen LogP contribution in [0.5, 0.6) is 0 Å². The number of ether oxygens (including phenoxy) is 1. The van der Waals surface area contributed by atoms with Gasteiger partial charge in [0.2, 0.25) is 5.91 Å². The number of rotatable bonds is 6. The lowest BCUT2D eigenvalue weighted by molar-refractivity contribution is -0.125. The van der Waals surface area contributed by atoms with E-state index in [1.54, 1.807) is 0 Å². The number of amides is 1. The summed E-state index contributed by atoms with van der Waals surface area (Å²) in [6.45, 7) is 5.01. The van der Waals surface area contributed by atoms with Crippen LogP contribution in [0.4, 0.5) is 0 Å². The molecule has 1 aliphatic rings. The summed E-state index contributed by atoms with van der Waals surface area (Å²) >= 11 is 4.90. The Morgan fingerprint density at radius 2 is 2.27 bits per heavy atom. The predicted molar refractivity (Wildman–Crippen MR) is 62.6 cm³/mol. The Kier molecular flexibility index (Phi) is 4.04. The first kappa shape index (κ1) is 12.4. The predicted octanol–water partition coefficient (Wildman–Crippen LogP) is 0.594. The molecule has 1 aliphatic carbocycles. The fourth-order valence-corrected chi connectivity index (χ4v) is 1.71. The Bertz CT molecular complexity index is 264. The third-order valence-electron chi connectivity index (χ3n) is 2.61. The van der Waals surface area contributed by atoms with Gasteiger partial charge in [-0.25, -0.2) is 0 Å². The summed E-state index contributed by atoms with van der Waals surface area (Å²) in [5.74, 6) is -0.0535. The van der Waals surface area contributed by atoms with Crippen LogP contribution in [0.15, 0.2) is 0 Å². The molecule has 0 aromatic carbocycles. The largest absolute Gasteiger partial charge is 0.392 e. The molecule has 0 aliphatic heterocycles. The molecular formula is C10H18N2O2S. The van der Waals surface area contributed by atoms with Crippen LogP contribution in [-0.4, -0.2) is 30.2 Å². The molecule has 86 valence electrons. The molecule has 0 bridgehead atoms. The van der Waals surface area contributed by atoms with Gasteiger partial charge in [0.15, 0.2) is 0 Å². The van der Waals surface area contributed by atoms with Crippen molar-refractivity contribution in [1.82, 2.24) is 5.32 Å². The number of hydrogen-bond donors (Lipinski definition) is 2. The lowest BCUT2D eigenvalue weighted by atomic mass is 10.1. The standard InChI is InChI=1S/C10H18N2O2S/c1-3-14-6-7(2)12-9(13)10(4-5-10)8(11)15/h7H,3-6H2,1-2H3,(H2,11,15)(H,12,13). The second kappa shape index (κ2) is 4.90. The van der Waals surface area contributed by atoms with E-state index < -0.39 is 5.41 Å². The molecule has 1 unspecified atom stereocenters. The minimum absolute atomic E-state index is 0.00396. The summed E-state index contributed by atoms with van der Waals surface area (Å²) in [7, 11) is 0. The molecule has 1 fully saturated rings. The Morgan fingerprint density at radius 3 is 2.67 bits per heavy atom. The number of carbonyl (C=O) groups is 1. The van der Waals surface area contributed by atoms with Crippen molar-refractivity contribution in [1.29, 1.82) is 0 Å². The summed E-state index contributed by atoms with van der Waals surface area (Å²) in [4.78, 5) is 12.1. The maximum absolute atomic E-state index is 11.8. The lowest BCUT2D eigenvalue weighted by Gasteiger charge is -2.18. The van der Waals surface area contributed by atoms with Gasteiger partial charge in [0.1, 0.15) is 0 Å². The van der Waals surface area contributed by atoms with Gasteiger partial charge in [-0.05, 0) is 26.7 Å². The maximum Gasteiger partial charge on any atom is 0.233 e. The number of nitrogens with two attached hydrogens (primary N) is 1. The van der Waals surface area contributed by atoms with Crippen LogP contribution in [0, 0.1) is 5.41 Å². The SMILES string of the molecule is CCOCC(C)NC(=O)C1(C(N)=S)CC1. The van der Waals surface area contributed by atoms with Gasteiger partial charge in [-0.15, -0.1) is 0 Å². The molecule has 1 amide bonds. The first-order valence-corrected chi connectivity index (χ1v) is 5.62. The van der Waals surface area contributed by atoms with Crippen molar-refractivity contribution in [2.75, 3.05) is 13.2 Å². The number of carbonyl (C=O) groups excluding carboxylic acids is 1. The molecule has 0 aromatic heterocycles. The molecule has 3 N–H and O–H groups in total. The highest BCUT2D eigenvalue weighted by molar-refractivity contribution is 7.80. The van der Waals surface area contributed by atoms with Crippen molar-refractivity contribution >= 4 is 23.1 Å². The summed E-state index contributed by atoms with van der Waals surface area (Å²) in [5, 5.41) is 2.87. The van der Waals surface area contributed by atoms with Crippen molar-refractivity contribution in [2.24, 2.45) is 11.1 Å². The van der Waals surface area contributed by atoms with E-state index in [0.717, 1.165) is 12.8 Å². The molecule has 0 aromatic rings. The highest BCUT2D eigenvalue weighted by Gasteiger charge is 2.52. The first-order valence-electron chi connectivity index (χ1n) is 5.21. The van der Waals surface area contributed by atoms with E-state index in [9.17, 15) is 4.79 Å². The minimum Gasteiger partial charge on any atom is -0.392 e. The maximum atomic E-state index is 11.8. The van der Waals surface area contributed by atoms with Crippen molar-refractivity contribution < 1.29 is 9.53 Å². The van der Waals surface area contributed by atoms with Crippen LogP contribution in [0.1, 0.15) is 26.7 Å². The van der Waals surface area contributed by atoms with Crippen molar-refractivity contribution in [2.45, 2.75) is 32.7 Å². The molecule has 1 rings (SSSR count). The monoisotopic (exact) mass is 230 g/mol. The van der Waals surface area contributed by atoms with Crippen LogP contribution in [-0.2, 0) is 9.53 Å². The lowest BCUT2D eigenvalue weighted by Crippen LogP contribution is -2.44. The van der Waals surface area contributed by atoms with Gasteiger partial charge in [-0.1, -0.05) is 12.2 Å². The second-order valence-corrected chi connectivity index (χ2v) is 4.42. The van der Waals surface area contributed by atoms with Crippen molar-refractivity contribution in [3.05, 3.63) is 0 Å². The fraction of sp³-hybridized carbons (Fsp3) is 0.800. The molecule has 0 radical (unpaired) electrons. The van der Waals surface area contributed by atoms with Gasteiger partial charge in [-0.2, -0.15) is 0 Å². The smallest absolute Gasteiger partial charge is 0.233 e. The molecule has 0 saturated heterocycles. The zero-order valence-electron chi connectivity index (χ0n) is 9.21. The number of nitrogens with one attached hydrogen (secondary N) is 1. The quantitative estimate of drug-likeness (QED) is 0.656. The van der Waals surface area contributed by atoms with Gasteiger partial charge >= 0.3 is 0 Å².